The van der Waals surface area contributed by atoms with Gasteiger partial charge in [-0.3, -0.25) is 4.90 Å². The van der Waals surface area contributed by atoms with Crippen molar-refractivity contribution in [3.05, 3.63) is 0 Å². The highest BCUT2D eigenvalue weighted by Crippen LogP contribution is 1.94. The van der Waals surface area contributed by atoms with Crippen LogP contribution in [0.2, 0.25) is 0 Å². The van der Waals surface area contributed by atoms with Gasteiger partial charge in [0.1, 0.15) is 0 Å². The van der Waals surface area contributed by atoms with Crippen molar-refractivity contribution in [1.82, 2.24) is 4.90 Å². The Kier molecular flexibility index (Phi) is 4.38. The lowest BCUT2D eigenvalue weighted by molar-refractivity contribution is 0.107. The first kappa shape index (κ1) is 9.71. The average molecular weight is 168 g/mol. The lowest BCUT2D eigenvalue weighted by Crippen LogP contribution is -2.32. The van der Waals surface area contributed by atoms with Gasteiger partial charge < -0.3 is 5.73 Å². The smallest absolute Gasteiger partial charge is 0.251 e. The highest BCUT2D eigenvalue weighted by molar-refractivity contribution is 7.80. The summed E-state index contributed by atoms with van der Waals surface area (Å²) in [6, 6.07) is 0. The molecule has 0 aliphatic rings. The van der Waals surface area contributed by atoms with Gasteiger partial charge in [0.15, 0.2) is 0 Å². The van der Waals surface area contributed by atoms with Crippen molar-refractivity contribution in [2.24, 2.45) is 5.73 Å². The number of rotatable bonds is 4. The van der Waals surface area contributed by atoms with Gasteiger partial charge >= 0.3 is 0 Å². The van der Waals surface area contributed by atoms with Crippen molar-refractivity contribution < 1.29 is 8.78 Å². The molecule has 0 unspecified atom stereocenters. The molecular formula is C5H10F2N2S. The monoisotopic (exact) mass is 168 g/mol. The Morgan fingerprint density at radius 1 is 1.70 bits per heavy atom. The van der Waals surface area contributed by atoms with Crippen LogP contribution < -0.4 is 5.73 Å². The third-order valence-electron chi connectivity index (χ3n) is 0.875. The summed E-state index contributed by atoms with van der Waals surface area (Å²) < 4.78 is 23.2. The Balaban J connectivity index is 3.43. The van der Waals surface area contributed by atoms with Crippen LogP contribution in [0.15, 0.2) is 0 Å². The molecule has 0 radical (unpaired) electrons. The summed E-state index contributed by atoms with van der Waals surface area (Å²) in [7, 11) is 1.55. The molecule has 0 bridgehead atoms. The van der Waals surface area contributed by atoms with Crippen LogP contribution in [0.3, 0.4) is 0 Å². The Morgan fingerprint density at radius 2 is 2.20 bits per heavy atom. The fraction of sp³-hybridized carbons (Fsp3) is 0.800. The zero-order valence-corrected chi connectivity index (χ0v) is 6.50. The summed E-state index contributed by atoms with van der Waals surface area (Å²) in [4.78, 5) is 1.62. The van der Waals surface area contributed by atoms with Crippen molar-refractivity contribution >= 4 is 17.2 Å². The zero-order valence-electron chi connectivity index (χ0n) is 5.68. The number of halogens is 2. The van der Waals surface area contributed by atoms with Gasteiger partial charge in [0.05, 0.1) is 11.5 Å². The summed E-state index contributed by atoms with van der Waals surface area (Å²) in [6.45, 7) is -0.0307. The van der Waals surface area contributed by atoms with Gasteiger partial charge in [0, 0.05) is 6.54 Å². The van der Waals surface area contributed by atoms with Crippen LogP contribution in [0.5, 0.6) is 0 Å². The number of likely N-dealkylation sites (N-methyl/N-ethyl adjacent to an activating group) is 1. The van der Waals surface area contributed by atoms with Crippen LogP contribution in [0.1, 0.15) is 0 Å². The van der Waals surface area contributed by atoms with Gasteiger partial charge in [-0.1, -0.05) is 12.2 Å². The van der Waals surface area contributed by atoms with E-state index >= 15 is 0 Å². The van der Waals surface area contributed by atoms with Gasteiger partial charge in [0.2, 0.25) is 0 Å². The first-order valence-corrected chi connectivity index (χ1v) is 3.18. The minimum atomic E-state index is -2.32. The fourth-order valence-corrected chi connectivity index (χ4v) is 0.787. The molecule has 0 aliphatic heterocycles. The molecule has 5 heteroatoms. The van der Waals surface area contributed by atoms with Crippen LogP contribution >= 0.6 is 12.2 Å². The molecule has 0 amide bonds. The summed E-state index contributed by atoms with van der Waals surface area (Å²) >= 11 is 4.52. The Hall–Kier alpha value is -0.290. The molecule has 0 atom stereocenters. The Bertz CT molecular complexity index is 118. The number of hydrogen-bond donors (Lipinski definition) is 1. The van der Waals surface area contributed by atoms with Gasteiger partial charge in [-0.15, -0.1) is 0 Å². The van der Waals surface area contributed by atoms with Crippen LogP contribution in [-0.2, 0) is 0 Å². The van der Waals surface area contributed by atoms with E-state index in [2.05, 4.69) is 12.2 Å². The van der Waals surface area contributed by atoms with Crippen LogP contribution in [0.4, 0.5) is 8.78 Å². The number of thiocarbonyl (C=S) groups is 1. The topological polar surface area (TPSA) is 29.3 Å². The summed E-state index contributed by atoms with van der Waals surface area (Å²) in [5.74, 6) is 0. The maximum absolute atomic E-state index is 11.6. The molecule has 0 aliphatic carbocycles. The number of hydrogen-bond acceptors (Lipinski definition) is 2. The predicted octanol–water partition coefficient (Wildman–Crippen LogP) is 0.469. The standard InChI is InChI=1S/C5H10F2N2S/c1-9(2-4(6)7)3-5(8)10/h4H,2-3H2,1H3,(H2,8,10). The number of nitrogens with two attached hydrogens (primary N) is 1. The quantitative estimate of drug-likeness (QED) is 0.619. The van der Waals surface area contributed by atoms with Crippen molar-refractivity contribution in [2.45, 2.75) is 6.43 Å². The first-order chi connectivity index (χ1) is 4.52. The van der Waals surface area contributed by atoms with Gasteiger partial charge in [-0.2, -0.15) is 0 Å². The minimum Gasteiger partial charge on any atom is -0.392 e. The van der Waals surface area contributed by atoms with Crippen LogP contribution in [0.25, 0.3) is 0 Å². The van der Waals surface area contributed by atoms with Crippen molar-refractivity contribution in [3.63, 3.8) is 0 Å². The minimum absolute atomic E-state index is 0.239. The molecule has 0 rings (SSSR count). The largest absolute Gasteiger partial charge is 0.392 e. The van der Waals surface area contributed by atoms with Crippen LogP contribution in [0, 0.1) is 0 Å². The molecule has 60 valence electrons. The highest BCUT2D eigenvalue weighted by atomic mass is 32.1. The van der Waals surface area contributed by atoms with Crippen molar-refractivity contribution in [2.75, 3.05) is 20.1 Å². The molecule has 0 saturated heterocycles. The maximum atomic E-state index is 11.6. The molecule has 2 N–H and O–H groups in total. The van der Waals surface area contributed by atoms with Crippen molar-refractivity contribution in [1.29, 1.82) is 0 Å². The van der Waals surface area contributed by atoms with E-state index in [1.807, 2.05) is 0 Å². The number of nitrogens with zero attached hydrogens (tertiary/aromatic N) is 1. The van der Waals surface area contributed by atoms with Gasteiger partial charge in [0.25, 0.3) is 6.43 Å². The summed E-state index contributed by atoms with van der Waals surface area (Å²) in [5.41, 5.74) is 5.11. The predicted molar refractivity (Wildman–Crippen MR) is 40.3 cm³/mol. The zero-order chi connectivity index (χ0) is 8.15. The average Bonchev–Trinajstić information content (AvgIpc) is 1.58. The molecule has 0 aromatic heterocycles. The second-order valence-corrected chi connectivity index (χ2v) is 2.58. The molecule has 0 aromatic rings. The van der Waals surface area contributed by atoms with Crippen molar-refractivity contribution in [3.8, 4) is 0 Å². The normalized spacial score (nSPS) is 10.9. The Labute approximate surface area is 64.0 Å². The lowest BCUT2D eigenvalue weighted by Gasteiger charge is -2.13. The molecule has 0 aromatic carbocycles. The second kappa shape index (κ2) is 4.51. The third kappa shape index (κ3) is 5.84. The molecule has 0 spiro atoms. The lowest BCUT2D eigenvalue weighted by atomic mass is 10.5. The molecule has 0 fully saturated rings. The summed E-state index contributed by atoms with van der Waals surface area (Å²) in [6.07, 6.45) is -2.32. The van der Waals surface area contributed by atoms with E-state index < -0.39 is 6.43 Å². The molecule has 0 heterocycles. The van der Waals surface area contributed by atoms with E-state index in [1.165, 1.54) is 4.90 Å². The van der Waals surface area contributed by atoms with E-state index in [-0.39, 0.29) is 18.1 Å². The van der Waals surface area contributed by atoms with E-state index in [9.17, 15) is 8.78 Å². The van der Waals surface area contributed by atoms with Gasteiger partial charge in [-0.05, 0) is 7.05 Å². The third-order valence-corrected chi connectivity index (χ3v) is 1.00. The summed E-state index contributed by atoms with van der Waals surface area (Å²) in [5, 5.41) is 0. The van der Waals surface area contributed by atoms with Crippen LogP contribution in [-0.4, -0.2) is 36.5 Å². The molecular weight excluding hydrogens is 158 g/mol. The van der Waals surface area contributed by atoms with Gasteiger partial charge in [-0.25, -0.2) is 8.78 Å². The maximum Gasteiger partial charge on any atom is 0.251 e. The van der Waals surface area contributed by atoms with E-state index in [1.54, 1.807) is 7.05 Å². The first-order valence-electron chi connectivity index (χ1n) is 2.77. The SMILES string of the molecule is CN(CC(N)=S)CC(F)F. The fourth-order valence-electron chi connectivity index (χ4n) is 0.566. The Morgan fingerprint density at radius 3 is 2.50 bits per heavy atom. The molecule has 10 heavy (non-hydrogen) atoms. The van der Waals surface area contributed by atoms with E-state index in [4.69, 9.17) is 5.73 Å². The molecule has 2 nitrogen and oxygen atoms in total. The molecule has 0 saturated carbocycles. The highest BCUT2D eigenvalue weighted by Gasteiger charge is 2.07. The van der Waals surface area contributed by atoms with E-state index in [0.29, 0.717) is 0 Å². The van der Waals surface area contributed by atoms with E-state index in [0.717, 1.165) is 0 Å². The number of alkyl halides is 2. The second-order valence-electron chi connectivity index (χ2n) is 2.05.